The van der Waals surface area contributed by atoms with Gasteiger partial charge in [-0.3, -0.25) is 4.98 Å². The fraction of sp³-hybridized carbons (Fsp3) is 0.182. The van der Waals surface area contributed by atoms with Crippen LogP contribution < -0.4 is 9.47 Å². The molecule has 0 amide bonds. The maximum absolute atomic E-state index is 6.35. The summed E-state index contributed by atoms with van der Waals surface area (Å²) in [7, 11) is 1.67. The Labute approximate surface area is 171 Å². The van der Waals surface area contributed by atoms with Crippen molar-refractivity contribution in [3.05, 3.63) is 88.2 Å². The lowest BCUT2D eigenvalue weighted by molar-refractivity contribution is -0.0192. The molecule has 3 heterocycles. The van der Waals surface area contributed by atoms with Gasteiger partial charge < -0.3 is 9.47 Å². The van der Waals surface area contributed by atoms with Crippen LogP contribution in [0.3, 0.4) is 0 Å². The monoisotopic (exact) mass is 435 g/mol. The average molecular weight is 436 g/mol. The Hall–Kier alpha value is -2.86. The van der Waals surface area contributed by atoms with Gasteiger partial charge in [0.15, 0.2) is 0 Å². The molecule has 0 fully saturated rings. The van der Waals surface area contributed by atoms with Crippen LogP contribution in [-0.4, -0.2) is 22.8 Å². The van der Waals surface area contributed by atoms with Crippen molar-refractivity contribution in [1.82, 2.24) is 9.99 Å². The number of hydrogen-bond acceptors (Lipinski definition) is 5. The quantitative estimate of drug-likeness (QED) is 0.574. The zero-order valence-corrected chi connectivity index (χ0v) is 16.8. The number of fused-ring (bicyclic) bond motifs is 3. The molecule has 0 N–H and O–H groups in total. The highest BCUT2D eigenvalue weighted by molar-refractivity contribution is 9.10. The lowest BCUT2D eigenvalue weighted by atomic mass is 9.96. The highest BCUT2D eigenvalue weighted by atomic mass is 79.9. The lowest BCUT2D eigenvalue weighted by Gasteiger charge is -2.38. The topological polar surface area (TPSA) is 47.0 Å². The summed E-state index contributed by atoms with van der Waals surface area (Å²) in [4.78, 5) is 4.26. The minimum absolute atomic E-state index is 0.114. The van der Waals surface area contributed by atoms with E-state index in [1.54, 1.807) is 13.3 Å². The Morgan fingerprint density at radius 1 is 1.14 bits per heavy atom. The number of nitrogens with zero attached hydrogens (tertiary/aromatic N) is 3. The standard InChI is InChI=1S/C22H18BrN3O2/c1-27-17-7-4-14(5-8-17)19-12-20-18-11-16(23)6-9-21(18)28-22(26(20)25-19)15-3-2-10-24-13-15/h2-11,13,20,22H,12H2,1H3/t20-,22+/m1/s1. The molecule has 0 unspecified atom stereocenters. The molecule has 6 heteroatoms. The summed E-state index contributed by atoms with van der Waals surface area (Å²) in [6, 6.07) is 18.3. The third-order valence-corrected chi connectivity index (χ3v) is 5.64. The third-order valence-electron chi connectivity index (χ3n) is 5.14. The molecular formula is C22H18BrN3O2. The van der Waals surface area contributed by atoms with Crippen molar-refractivity contribution in [3.8, 4) is 11.5 Å². The van der Waals surface area contributed by atoms with Crippen molar-refractivity contribution in [3.63, 3.8) is 0 Å². The van der Waals surface area contributed by atoms with Gasteiger partial charge in [0.1, 0.15) is 11.5 Å². The molecule has 0 aliphatic carbocycles. The number of benzene rings is 2. The number of rotatable bonds is 3. The number of hydrogen-bond donors (Lipinski definition) is 0. The lowest BCUT2D eigenvalue weighted by Crippen LogP contribution is -2.33. The molecule has 0 saturated carbocycles. The highest BCUT2D eigenvalue weighted by Crippen LogP contribution is 2.48. The summed E-state index contributed by atoms with van der Waals surface area (Å²) < 4.78 is 12.7. The Balaban J connectivity index is 1.57. The number of aromatic nitrogens is 1. The second-order valence-electron chi connectivity index (χ2n) is 6.81. The van der Waals surface area contributed by atoms with E-state index in [2.05, 4.69) is 44.1 Å². The van der Waals surface area contributed by atoms with Crippen molar-refractivity contribution < 1.29 is 9.47 Å². The van der Waals surface area contributed by atoms with Crippen LogP contribution in [0.25, 0.3) is 0 Å². The molecular weight excluding hydrogens is 418 g/mol. The Bertz CT molecular complexity index is 1040. The smallest absolute Gasteiger partial charge is 0.215 e. The van der Waals surface area contributed by atoms with E-state index >= 15 is 0 Å². The van der Waals surface area contributed by atoms with Crippen LogP contribution >= 0.6 is 15.9 Å². The predicted octanol–water partition coefficient (Wildman–Crippen LogP) is 5.10. The first-order chi connectivity index (χ1) is 13.7. The maximum Gasteiger partial charge on any atom is 0.215 e. The molecule has 28 heavy (non-hydrogen) atoms. The van der Waals surface area contributed by atoms with E-state index in [9.17, 15) is 0 Å². The number of pyridine rings is 1. The van der Waals surface area contributed by atoms with Gasteiger partial charge in [0, 0.05) is 34.4 Å². The van der Waals surface area contributed by atoms with E-state index in [1.165, 1.54) is 0 Å². The molecule has 2 atom stereocenters. The Morgan fingerprint density at radius 3 is 2.75 bits per heavy atom. The molecule has 5 nitrogen and oxygen atoms in total. The van der Waals surface area contributed by atoms with Crippen molar-refractivity contribution in [2.45, 2.75) is 18.7 Å². The van der Waals surface area contributed by atoms with E-state index in [4.69, 9.17) is 14.6 Å². The molecule has 140 valence electrons. The molecule has 5 rings (SSSR count). The number of methoxy groups -OCH3 is 1. The van der Waals surface area contributed by atoms with Crippen LogP contribution in [0, 0.1) is 0 Å². The minimum atomic E-state index is -0.303. The van der Waals surface area contributed by atoms with Crippen molar-refractivity contribution in [2.24, 2.45) is 5.10 Å². The SMILES string of the molecule is COc1ccc(C2=NN3[C@H](C2)c2cc(Br)ccc2O[C@H]3c2cccnc2)cc1. The van der Waals surface area contributed by atoms with Gasteiger partial charge in [-0.1, -0.05) is 22.0 Å². The van der Waals surface area contributed by atoms with Gasteiger partial charge in [0.05, 0.1) is 18.9 Å². The summed E-state index contributed by atoms with van der Waals surface area (Å²) in [5.74, 6) is 1.73. The van der Waals surface area contributed by atoms with Gasteiger partial charge in [-0.05, 0) is 54.1 Å². The summed E-state index contributed by atoms with van der Waals surface area (Å²) in [6.07, 6.45) is 4.12. The van der Waals surface area contributed by atoms with Crippen LogP contribution in [0.15, 0.2) is 76.6 Å². The predicted molar refractivity (Wildman–Crippen MR) is 110 cm³/mol. The summed E-state index contributed by atoms with van der Waals surface area (Å²) in [6.45, 7) is 0. The first kappa shape index (κ1) is 17.3. The number of hydrazone groups is 1. The third kappa shape index (κ3) is 2.94. The van der Waals surface area contributed by atoms with E-state index in [0.717, 1.165) is 44.8 Å². The van der Waals surface area contributed by atoms with E-state index in [0.29, 0.717) is 0 Å². The van der Waals surface area contributed by atoms with E-state index in [1.807, 2.05) is 42.6 Å². The fourth-order valence-electron chi connectivity index (χ4n) is 3.76. The van der Waals surface area contributed by atoms with E-state index < -0.39 is 0 Å². The molecule has 2 aliphatic heterocycles. The van der Waals surface area contributed by atoms with Gasteiger partial charge >= 0.3 is 0 Å². The highest BCUT2D eigenvalue weighted by Gasteiger charge is 2.41. The summed E-state index contributed by atoms with van der Waals surface area (Å²) in [5, 5.41) is 7.02. The summed E-state index contributed by atoms with van der Waals surface area (Å²) in [5.41, 5.74) is 4.26. The second kappa shape index (κ2) is 6.95. The molecule has 0 radical (unpaired) electrons. The average Bonchev–Trinajstić information content (AvgIpc) is 3.20. The van der Waals surface area contributed by atoms with Crippen LogP contribution in [0.1, 0.15) is 35.4 Å². The normalized spacial score (nSPS) is 20.1. The van der Waals surface area contributed by atoms with Crippen molar-refractivity contribution in [1.29, 1.82) is 0 Å². The zero-order valence-electron chi connectivity index (χ0n) is 15.2. The molecule has 0 saturated heterocycles. The zero-order chi connectivity index (χ0) is 19.1. The van der Waals surface area contributed by atoms with Gasteiger partial charge in [0.25, 0.3) is 0 Å². The molecule has 2 aromatic carbocycles. The Kier molecular flexibility index (Phi) is 4.28. The van der Waals surface area contributed by atoms with Gasteiger partial charge in [-0.2, -0.15) is 5.10 Å². The van der Waals surface area contributed by atoms with Crippen molar-refractivity contribution >= 4 is 21.6 Å². The first-order valence-electron chi connectivity index (χ1n) is 9.09. The van der Waals surface area contributed by atoms with Crippen LogP contribution in [-0.2, 0) is 0 Å². The first-order valence-corrected chi connectivity index (χ1v) is 9.88. The largest absolute Gasteiger partial charge is 0.497 e. The Morgan fingerprint density at radius 2 is 2.00 bits per heavy atom. The molecule has 1 aromatic heterocycles. The fourth-order valence-corrected chi connectivity index (χ4v) is 4.14. The number of ether oxygens (including phenoxy) is 2. The van der Waals surface area contributed by atoms with Gasteiger partial charge in [-0.25, -0.2) is 5.01 Å². The van der Waals surface area contributed by atoms with E-state index in [-0.39, 0.29) is 12.3 Å². The van der Waals surface area contributed by atoms with Gasteiger partial charge in [-0.15, -0.1) is 0 Å². The second-order valence-corrected chi connectivity index (χ2v) is 7.73. The van der Waals surface area contributed by atoms with Gasteiger partial charge in [0.2, 0.25) is 6.23 Å². The summed E-state index contributed by atoms with van der Waals surface area (Å²) >= 11 is 3.59. The minimum Gasteiger partial charge on any atom is -0.497 e. The molecule has 0 spiro atoms. The molecule has 0 bridgehead atoms. The van der Waals surface area contributed by atoms with Crippen LogP contribution in [0.2, 0.25) is 0 Å². The number of halogens is 1. The van der Waals surface area contributed by atoms with Crippen molar-refractivity contribution in [2.75, 3.05) is 7.11 Å². The molecule has 2 aliphatic rings. The van der Waals surface area contributed by atoms with Crippen LogP contribution in [0.5, 0.6) is 11.5 Å². The molecule has 3 aromatic rings. The maximum atomic E-state index is 6.35. The van der Waals surface area contributed by atoms with Crippen LogP contribution in [0.4, 0.5) is 0 Å².